The van der Waals surface area contributed by atoms with Crippen molar-refractivity contribution in [3.8, 4) is 6.07 Å². The minimum Gasteiger partial charge on any atom is -0.465 e. The van der Waals surface area contributed by atoms with E-state index in [2.05, 4.69) is 4.98 Å². The van der Waals surface area contributed by atoms with Crippen LogP contribution in [0.5, 0.6) is 0 Å². The Bertz CT molecular complexity index is 522. The van der Waals surface area contributed by atoms with E-state index in [1.165, 1.54) is 6.07 Å². The van der Waals surface area contributed by atoms with Crippen molar-refractivity contribution in [3.05, 3.63) is 33.6 Å². The molecule has 0 N–H and O–H groups in total. The summed E-state index contributed by atoms with van der Waals surface area (Å²) >= 11 is 0. The number of rotatable bonds is 4. The van der Waals surface area contributed by atoms with E-state index in [1.54, 1.807) is 19.9 Å². The van der Waals surface area contributed by atoms with Gasteiger partial charge in [0.05, 0.1) is 23.3 Å². The predicted molar refractivity (Wildman–Crippen MR) is 60.6 cm³/mol. The van der Waals surface area contributed by atoms with E-state index in [9.17, 15) is 14.9 Å². The molecule has 0 aromatic carbocycles. The van der Waals surface area contributed by atoms with Crippen LogP contribution in [0.4, 0.5) is 5.69 Å². The van der Waals surface area contributed by atoms with Gasteiger partial charge in [0.1, 0.15) is 6.20 Å². The molecule has 1 unspecified atom stereocenters. The van der Waals surface area contributed by atoms with Gasteiger partial charge in [-0.05, 0) is 19.4 Å². The fraction of sp³-hybridized carbons (Fsp3) is 0.364. The standard InChI is InChI=1S/C11H11N3O4/c1-3-18-11(15)9(5-12)10-7(2)4-8(6-13-10)14(16)17/h4,6,9H,3H2,1-2H3. The van der Waals surface area contributed by atoms with Gasteiger partial charge in [0.2, 0.25) is 0 Å². The number of nitriles is 1. The van der Waals surface area contributed by atoms with Crippen LogP contribution in [0.3, 0.4) is 0 Å². The summed E-state index contributed by atoms with van der Waals surface area (Å²) in [6.07, 6.45) is 1.02. The number of hydrogen-bond acceptors (Lipinski definition) is 6. The number of aryl methyl sites for hydroxylation is 1. The molecule has 18 heavy (non-hydrogen) atoms. The van der Waals surface area contributed by atoms with Crippen molar-refractivity contribution in [3.63, 3.8) is 0 Å². The second-order valence-corrected chi connectivity index (χ2v) is 3.47. The van der Waals surface area contributed by atoms with Gasteiger partial charge in [0.25, 0.3) is 5.69 Å². The number of aromatic nitrogens is 1. The molecule has 94 valence electrons. The Balaban J connectivity index is 3.12. The molecule has 0 amide bonds. The lowest BCUT2D eigenvalue weighted by molar-refractivity contribution is -0.385. The topological polar surface area (TPSA) is 106 Å². The Morgan fingerprint density at radius 1 is 1.72 bits per heavy atom. The van der Waals surface area contributed by atoms with Gasteiger partial charge in [0, 0.05) is 6.07 Å². The molecule has 0 saturated carbocycles. The number of pyridine rings is 1. The fourth-order valence-corrected chi connectivity index (χ4v) is 1.42. The van der Waals surface area contributed by atoms with Gasteiger partial charge in [-0.25, -0.2) is 0 Å². The highest BCUT2D eigenvalue weighted by Gasteiger charge is 2.25. The third-order valence-electron chi connectivity index (χ3n) is 2.24. The summed E-state index contributed by atoms with van der Waals surface area (Å²) in [5.74, 6) is -1.87. The second-order valence-electron chi connectivity index (χ2n) is 3.47. The first-order chi connectivity index (χ1) is 8.51. The van der Waals surface area contributed by atoms with Crippen LogP contribution in [0.2, 0.25) is 0 Å². The SMILES string of the molecule is CCOC(=O)C(C#N)c1ncc([N+](=O)[O-])cc1C. The third kappa shape index (κ3) is 2.79. The van der Waals surface area contributed by atoms with Crippen molar-refractivity contribution in [2.45, 2.75) is 19.8 Å². The van der Waals surface area contributed by atoms with Gasteiger partial charge in [-0.3, -0.25) is 19.9 Å². The van der Waals surface area contributed by atoms with Crippen molar-refractivity contribution >= 4 is 11.7 Å². The molecule has 7 nitrogen and oxygen atoms in total. The lowest BCUT2D eigenvalue weighted by Gasteiger charge is -2.09. The van der Waals surface area contributed by atoms with E-state index in [0.717, 1.165) is 6.20 Å². The highest BCUT2D eigenvalue weighted by atomic mass is 16.6. The maximum atomic E-state index is 11.5. The van der Waals surface area contributed by atoms with Gasteiger partial charge in [-0.2, -0.15) is 5.26 Å². The molecular weight excluding hydrogens is 238 g/mol. The average Bonchev–Trinajstić information content (AvgIpc) is 2.32. The van der Waals surface area contributed by atoms with E-state index < -0.39 is 16.8 Å². The first kappa shape index (κ1) is 13.6. The van der Waals surface area contributed by atoms with E-state index in [0.29, 0.717) is 5.56 Å². The first-order valence-electron chi connectivity index (χ1n) is 5.18. The predicted octanol–water partition coefficient (Wildman–Crippen LogP) is 1.47. The molecule has 0 fully saturated rings. The van der Waals surface area contributed by atoms with Crippen LogP contribution >= 0.6 is 0 Å². The van der Waals surface area contributed by atoms with Crippen molar-refractivity contribution in [1.82, 2.24) is 4.98 Å². The molecule has 0 bridgehead atoms. The zero-order valence-corrected chi connectivity index (χ0v) is 9.91. The Hall–Kier alpha value is -2.49. The molecule has 1 heterocycles. The lowest BCUT2D eigenvalue weighted by Crippen LogP contribution is -2.16. The van der Waals surface area contributed by atoms with Gasteiger partial charge in [0.15, 0.2) is 5.92 Å². The van der Waals surface area contributed by atoms with Crippen molar-refractivity contribution in [1.29, 1.82) is 5.26 Å². The Labute approximate surface area is 103 Å². The third-order valence-corrected chi connectivity index (χ3v) is 2.24. The Kier molecular flexibility index (Phi) is 4.32. The molecule has 7 heteroatoms. The van der Waals surface area contributed by atoms with Gasteiger partial charge >= 0.3 is 5.97 Å². The summed E-state index contributed by atoms with van der Waals surface area (Å²) in [5.41, 5.74) is 0.405. The molecule has 1 aromatic heterocycles. The number of carbonyl (C=O) groups excluding carboxylic acids is 1. The maximum Gasteiger partial charge on any atom is 0.329 e. The van der Waals surface area contributed by atoms with Crippen LogP contribution in [0.25, 0.3) is 0 Å². The van der Waals surface area contributed by atoms with Gasteiger partial charge in [-0.1, -0.05) is 0 Å². The minimum absolute atomic E-state index is 0.156. The number of hydrogen-bond donors (Lipinski definition) is 0. The summed E-state index contributed by atoms with van der Waals surface area (Å²) < 4.78 is 4.75. The number of nitrogens with zero attached hydrogens (tertiary/aromatic N) is 3. The summed E-state index contributed by atoms with van der Waals surface area (Å²) in [4.78, 5) is 25.3. The quantitative estimate of drug-likeness (QED) is 0.454. The zero-order valence-electron chi connectivity index (χ0n) is 9.91. The Morgan fingerprint density at radius 2 is 2.39 bits per heavy atom. The van der Waals surface area contributed by atoms with Gasteiger partial charge < -0.3 is 4.74 Å². The average molecular weight is 249 g/mol. The van der Waals surface area contributed by atoms with Crippen molar-refractivity contribution in [2.75, 3.05) is 6.61 Å². The lowest BCUT2D eigenvalue weighted by atomic mass is 10.0. The highest BCUT2D eigenvalue weighted by Crippen LogP contribution is 2.22. The smallest absolute Gasteiger partial charge is 0.329 e. The molecule has 0 aliphatic rings. The maximum absolute atomic E-state index is 11.5. The van der Waals surface area contributed by atoms with Crippen LogP contribution in [0, 0.1) is 28.4 Å². The largest absolute Gasteiger partial charge is 0.465 e. The normalized spacial score (nSPS) is 11.4. The van der Waals surface area contributed by atoms with Crippen LogP contribution in [-0.2, 0) is 9.53 Å². The molecule has 1 rings (SSSR count). The fourth-order valence-electron chi connectivity index (χ4n) is 1.42. The molecule has 0 aliphatic carbocycles. The molecule has 1 atom stereocenters. The molecule has 0 spiro atoms. The van der Waals surface area contributed by atoms with E-state index in [1.807, 2.05) is 0 Å². The summed E-state index contributed by atoms with van der Waals surface area (Å²) in [6.45, 7) is 3.34. The molecule has 0 saturated heterocycles. The summed E-state index contributed by atoms with van der Waals surface area (Å²) in [6, 6.07) is 3.06. The monoisotopic (exact) mass is 249 g/mol. The number of esters is 1. The van der Waals surface area contributed by atoms with E-state index in [4.69, 9.17) is 10.00 Å². The van der Waals surface area contributed by atoms with Crippen molar-refractivity contribution < 1.29 is 14.5 Å². The highest BCUT2D eigenvalue weighted by molar-refractivity contribution is 5.81. The molecule has 0 radical (unpaired) electrons. The summed E-state index contributed by atoms with van der Waals surface area (Å²) in [5, 5.41) is 19.5. The first-order valence-corrected chi connectivity index (χ1v) is 5.18. The second kappa shape index (κ2) is 5.72. The molecular formula is C11H11N3O4. The van der Waals surface area contributed by atoms with Crippen LogP contribution < -0.4 is 0 Å². The molecule has 0 aliphatic heterocycles. The molecule has 1 aromatic rings. The van der Waals surface area contributed by atoms with Crippen molar-refractivity contribution in [2.24, 2.45) is 0 Å². The number of ether oxygens (including phenoxy) is 1. The summed E-state index contributed by atoms with van der Waals surface area (Å²) in [7, 11) is 0. The van der Waals surface area contributed by atoms with Crippen LogP contribution in [0.1, 0.15) is 24.1 Å². The van der Waals surface area contributed by atoms with E-state index >= 15 is 0 Å². The zero-order chi connectivity index (χ0) is 13.7. The van der Waals surface area contributed by atoms with Gasteiger partial charge in [-0.15, -0.1) is 0 Å². The van der Waals surface area contributed by atoms with Crippen LogP contribution in [0.15, 0.2) is 12.3 Å². The number of carbonyl (C=O) groups is 1. The van der Waals surface area contributed by atoms with Crippen LogP contribution in [-0.4, -0.2) is 22.5 Å². The number of nitro groups is 1. The Morgan fingerprint density at radius 3 is 2.83 bits per heavy atom. The van der Waals surface area contributed by atoms with E-state index in [-0.39, 0.29) is 18.0 Å². The minimum atomic E-state index is -1.16.